The van der Waals surface area contributed by atoms with E-state index in [0.717, 1.165) is 55.1 Å². The Morgan fingerprint density at radius 1 is 0.344 bits per heavy atom. The summed E-state index contributed by atoms with van der Waals surface area (Å²) in [5.74, 6) is 1.57. The summed E-state index contributed by atoms with van der Waals surface area (Å²) in [6.07, 6.45) is 42.9. The third kappa shape index (κ3) is 25.0. The molecule has 4 nitrogen and oxygen atoms in total. The summed E-state index contributed by atoms with van der Waals surface area (Å²) < 4.78 is 10.2. The minimum absolute atomic E-state index is 0.119. The minimum atomic E-state index is -0.321. The fourth-order valence-electron chi connectivity index (χ4n) is 8.09. The third-order valence-electron chi connectivity index (χ3n) is 12.0. The quantitative estimate of drug-likeness (QED) is 0.0253. The van der Waals surface area contributed by atoms with Crippen molar-refractivity contribution in [1.29, 1.82) is 0 Å². The molecule has 0 radical (unpaired) electrons. The molecule has 0 unspecified atom stereocenters. The molecule has 2 aliphatic rings. The van der Waals surface area contributed by atoms with Crippen molar-refractivity contribution in [3.63, 3.8) is 0 Å². The molecule has 0 spiro atoms. The SMILES string of the molecule is CCCCCCCCCCCCCCCCCCSC1=C(SCCCCCCCCCCCCCCCCCC)C(=C2C(=S)C(=S)C(=S)C2=S)C(SCC(=O)OC)=C1SCC(=O)OC. The molecule has 1 fully saturated rings. The van der Waals surface area contributed by atoms with Gasteiger partial charge in [0.25, 0.3) is 0 Å². The highest BCUT2D eigenvalue weighted by molar-refractivity contribution is 8.12. The first-order valence-electron chi connectivity index (χ1n) is 25.3. The highest BCUT2D eigenvalue weighted by atomic mass is 32.2. The lowest BCUT2D eigenvalue weighted by molar-refractivity contribution is -0.138. The monoisotopic (exact) mass is 1030 g/mol. The molecule has 0 bridgehead atoms. The molecule has 0 aromatic rings. The fourth-order valence-corrected chi connectivity index (χ4v) is 14.5. The van der Waals surface area contributed by atoms with Gasteiger partial charge in [0.2, 0.25) is 0 Å². The van der Waals surface area contributed by atoms with Gasteiger partial charge in [-0.05, 0) is 24.3 Å². The van der Waals surface area contributed by atoms with Gasteiger partial charge in [-0.2, -0.15) is 0 Å². The predicted molar refractivity (Wildman–Crippen MR) is 304 cm³/mol. The lowest BCUT2D eigenvalue weighted by Gasteiger charge is -2.14. The van der Waals surface area contributed by atoms with Crippen molar-refractivity contribution in [3.05, 3.63) is 30.8 Å². The summed E-state index contributed by atoms with van der Waals surface area (Å²) in [5, 5.41) is 0. The predicted octanol–water partition coefficient (Wildman–Crippen LogP) is 18.0. The number of ether oxygens (including phenoxy) is 2. The Kier molecular flexibility index (Phi) is 37.3. The van der Waals surface area contributed by atoms with E-state index < -0.39 is 0 Å². The molecular weight excluding hydrogens is 945 g/mol. The molecule has 0 amide bonds. The van der Waals surface area contributed by atoms with Crippen LogP contribution in [0.25, 0.3) is 0 Å². The zero-order chi connectivity index (χ0) is 46.6. The lowest BCUT2D eigenvalue weighted by Crippen LogP contribution is -2.08. The first-order chi connectivity index (χ1) is 31.2. The Balaban J connectivity index is 2.06. The highest BCUT2D eigenvalue weighted by Gasteiger charge is 2.40. The van der Waals surface area contributed by atoms with E-state index >= 15 is 0 Å². The number of esters is 2. The van der Waals surface area contributed by atoms with Crippen LogP contribution in [0, 0.1) is 0 Å². The first-order valence-corrected chi connectivity index (χ1v) is 30.9. The summed E-state index contributed by atoms with van der Waals surface area (Å²) in [6.45, 7) is 4.57. The van der Waals surface area contributed by atoms with Crippen molar-refractivity contribution >= 4 is 127 Å². The van der Waals surface area contributed by atoms with E-state index in [1.165, 1.54) is 230 Å². The lowest BCUT2D eigenvalue weighted by atomic mass is 10.0. The van der Waals surface area contributed by atoms with Gasteiger partial charge in [0.05, 0.1) is 45.2 Å². The maximum atomic E-state index is 12.6. The molecule has 0 aromatic heterocycles. The van der Waals surface area contributed by atoms with Gasteiger partial charge in [0, 0.05) is 30.8 Å². The van der Waals surface area contributed by atoms with Crippen molar-refractivity contribution < 1.29 is 19.1 Å². The van der Waals surface area contributed by atoms with Crippen molar-refractivity contribution in [2.24, 2.45) is 0 Å². The molecule has 0 aromatic carbocycles. The number of rotatable bonds is 42. The summed E-state index contributed by atoms with van der Waals surface area (Å²) in [5.41, 5.74) is 1.66. The maximum absolute atomic E-state index is 12.6. The number of methoxy groups -OCH3 is 2. The minimum Gasteiger partial charge on any atom is -0.468 e. The smallest absolute Gasteiger partial charge is 0.315 e. The summed E-state index contributed by atoms with van der Waals surface area (Å²) in [4.78, 5) is 31.3. The van der Waals surface area contributed by atoms with E-state index in [4.69, 9.17) is 58.3 Å². The fraction of sp³-hybridized carbons (Fsp3) is 0.769. The van der Waals surface area contributed by atoms with Crippen LogP contribution in [0.3, 0.4) is 0 Å². The van der Waals surface area contributed by atoms with Gasteiger partial charge in [-0.25, -0.2) is 0 Å². The molecule has 0 saturated heterocycles. The van der Waals surface area contributed by atoms with Crippen molar-refractivity contribution in [2.75, 3.05) is 37.2 Å². The number of unbranched alkanes of at least 4 members (excludes halogenated alkanes) is 30. The molecule has 1 saturated carbocycles. The second-order valence-electron chi connectivity index (χ2n) is 17.4. The summed E-state index contributed by atoms with van der Waals surface area (Å²) in [6, 6.07) is 0. The van der Waals surface area contributed by atoms with Gasteiger partial charge in [0.15, 0.2) is 0 Å². The molecule has 2 aliphatic carbocycles. The van der Waals surface area contributed by atoms with Gasteiger partial charge in [-0.3, -0.25) is 9.59 Å². The topological polar surface area (TPSA) is 52.6 Å². The number of carbonyl (C=O) groups is 2. The molecule has 64 heavy (non-hydrogen) atoms. The van der Waals surface area contributed by atoms with Gasteiger partial charge < -0.3 is 9.47 Å². The van der Waals surface area contributed by atoms with Crippen molar-refractivity contribution in [1.82, 2.24) is 0 Å². The summed E-state index contributed by atoms with van der Waals surface area (Å²) in [7, 11) is 2.83. The first kappa shape index (κ1) is 60.0. The standard InChI is InChI=1S/C52H84O4S8/c1-5-7-9-11-13-15-17-19-21-23-25-27-29-31-33-35-37-61-49-44(43-45(57)47(59)48(60)46(43)58)50(63-39-41(53)55-3)52(64-40-42(54)56-4)51(49)62-38-36-34-32-30-28-26-24-22-20-18-16-14-12-10-8-6-2/h5-40H2,1-4H3. The number of allylic oxidation sites excluding steroid dienone is 3. The normalized spacial score (nSPS) is 14.3. The molecule has 0 heterocycles. The van der Waals surface area contributed by atoms with Crippen LogP contribution >= 0.6 is 95.9 Å². The second kappa shape index (κ2) is 39.7. The van der Waals surface area contributed by atoms with E-state index in [1.54, 1.807) is 0 Å². The van der Waals surface area contributed by atoms with E-state index in [2.05, 4.69) is 13.8 Å². The van der Waals surface area contributed by atoms with Crippen LogP contribution in [-0.4, -0.2) is 68.6 Å². The molecule has 0 atom stereocenters. The maximum Gasteiger partial charge on any atom is 0.315 e. The number of carbonyl (C=O) groups excluding carboxylic acids is 2. The second-order valence-corrected chi connectivity index (χ2v) is 23.2. The average Bonchev–Trinajstić information content (AvgIpc) is 3.68. The van der Waals surface area contributed by atoms with E-state index in [9.17, 15) is 9.59 Å². The van der Waals surface area contributed by atoms with E-state index in [0.29, 0.717) is 19.5 Å². The number of thiocarbonyl (C=S) groups is 4. The highest BCUT2D eigenvalue weighted by Crippen LogP contribution is 2.56. The van der Waals surface area contributed by atoms with Crippen LogP contribution in [0.4, 0.5) is 0 Å². The molecule has 2 rings (SSSR count). The van der Waals surface area contributed by atoms with Crippen LogP contribution in [0.5, 0.6) is 0 Å². The van der Waals surface area contributed by atoms with Gasteiger partial charge in [0.1, 0.15) is 0 Å². The third-order valence-corrected chi connectivity index (χ3v) is 18.9. The molecule has 0 N–H and O–H groups in total. The van der Waals surface area contributed by atoms with Crippen LogP contribution < -0.4 is 0 Å². The number of hydrogen-bond acceptors (Lipinski definition) is 12. The van der Waals surface area contributed by atoms with Crippen LogP contribution in [0.15, 0.2) is 30.8 Å². The Morgan fingerprint density at radius 3 is 0.906 bits per heavy atom. The number of thioether (sulfide) groups is 4. The Morgan fingerprint density at radius 2 is 0.594 bits per heavy atom. The van der Waals surface area contributed by atoms with Gasteiger partial charge in [-0.1, -0.05) is 255 Å². The number of hydrogen-bond donors (Lipinski definition) is 0. The zero-order valence-electron chi connectivity index (χ0n) is 40.4. The largest absolute Gasteiger partial charge is 0.468 e. The van der Waals surface area contributed by atoms with E-state index in [1.807, 2.05) is 23.5 Å². The molecule has 12 heteroatoms. The van der Waals surface area contributed by atoms with Gasteiger partial charge in [-0.15, -0.1) is 47.0 Å². The average molecular weight is 1030 g/mol. The van der Waals surface area contributed by atoms with E-state index in [-0.39, 0.29) is 23.4 Å². The zero-order valence-corrected chi connectivity index (χ0v) is 46.9. The van der Waals surface area contributed by atoms with Crippen LogP contribution in [-0.2, 0) is 19.1 Å². The van der Waals surface area contributed by atoms with Crippen LogP contribution in [0.1, 0.15) is 219 Å². The summed E-state index contributed by atoms with van der Waals surface area (Å²) >= 11 is 30.0. The van der Waals surface area contributed by atoms with Crippen molar-refractivity contribution in [3.8, 4) is 0 Å². The Hall–Kier alpha value is -0.0800. The van der Waals surface area contributed by atoms with Crippen LogP contribution in [0.2, 0.25) is 0 Å². The molecular formula is C52H84O4S8. The molecule has 364 valence electrons. The Labute approximate surface area is 430 Å². The Bertz CT molecular complexity index is 1490. The molecule has 0 aliphatic heterocycles. The van der Waals surface area contributed by atoms with Crippen molar-refractivity contribution in [2.45, 2.75) is 219 Å². The van der Waals surface area contributed by atoms with Gasteiger partial charge >= 0.3 is 11.9 Å².